The number of hydrogen-bond acceptors (Lipinski definition) is 14. The first-order valence-electron chi connectivity index (χ1n) is 34.3. The van der Waals surface area contributed by atoms with Crippen LogP contribution in [-0.2, 0) is 73.9 Å². The summed E-state index contributed by atoms with van der Waals surface area (Å²) in [5.41, 5.74) is 8.98. The number of hydrogen-bond donors (Lipinski definition) is 9. The minimum Gasteiger partial charge on any atom is -0.343 e. The fourth-order valence-corrected chi connectivity index (χ4v) is 12.7. The maximum Gasteiger partial charge on any atom is 0.246 e. The molecule has 2 aromatic heterocycles. The van der Waals surface area contributed by atoms with Gasteiger partial charge in [-0.3, -0.25) is 62.8 Å². The molecule has 0 bridgehead atoms. The molecule has 3 fully saturated rings. The normalized spacial score (nSPS) is 24.4. The number of carbonyl (C=O) groups is 10. The standard InChI is InChI=1S/C72H102N14O10/c1-45(2)39-55-65(89)80-57(41-49-23-11-9-12-24-49)71(95)86-38-22-32-60(86)68(92)83-62(48(7)8)70(94)77-54(30-20-36-84(43-51-27-15-17-34-74-51)44-52-28-16-18-35-75-52)64(88)79-56(40-46(3)4)66(90)81-58(42-50-25-13-10-14-26-50)72(96)85-37-21-31-59(85)67(91)82-61(47(5)6)69(93)76-53(29-19-33-73)63(87)78-55/h9-18,23-28,34-35,45-48,53-62H,19-22,29-33,36-44,73H2,1-8H3,(H,76,93)(H,77,94)(H,78,87)(H,79,88)(H,80,89)(H,81,90)(H,82,91)(H,83,92)/t53-,54-,55-,56-,57+,58+,59-,60-,61-,62-/m0/s1. The van der Waals surface area contributed by atoms with Crippen molar-refractivity contribution >= 4 is 59.1 Å². The Morgan fingerprint density at radius 2 is 0.802 bits per heavy atom. The molecule has 5 heterocycles. The molecule has 3 aliphatic rings. The number of pyridine rings is 2. The average Bonchev–Trinajstić information content (AvgIpc) is 1.60. The summed E-state index contributed by atoms with van der Waals surface area (Å²) in [7, 11) is 0. The highest BCUT2D eigenvalue weighted by atomic mass is 16.2. The zero-order chi connectivity index (χ0) is 69.4. The van der Waals surface area contributed by atoms with Gasteiger partial charge in [0.1, 0.15) is 60.4 Å². The summed E-state index contributed by atoms with van der Waals surface area (Å²) in [5, 5.41) is 23.4. The van der Waals surface area contributed by atoms with E-state index in [9.17, 15) is 24.0 Å². The molecule has 96 heavy (non-hydrogen) atoms. The van der Waals surface area contributed by atoms with Gasteiger partial charge in [-0.05, 0) is 136 Å². The molecule has 4 aromatic rings. The Balaban J connectivity index is 1.28. The Bertz CT molecular complexity index is 3170. The van der Waals surface area contributed by atoms with Crippen molar-refractivity contribution < 1.29 is 47.9 Å². The van der Waals surface area contributed by atoms with Crippen LogP contribution in [0.2, 0.25) is 0 Å². The molecule has 24 nitrogen and oxygen atoms in total. The number of fused-ring (bicyclic) bond motifs is 2. The van der Waals surface area contributed by atoms with Crippen molar-refractivity contribution in [2.24, 2.45) is 29.4 Å². The number of amides is 10. The van der Waals surface area contributed by atoms with E-state index in [2.05, 4.69) is 57.4 Å². The van der Waals surface area contributed by atoms with Gasteiger partial charge in [0, 0.05) is 51.4 Å². The summed E-state index contributed by atoms with van der Waals surface area (Å²) < 4.78 is 0. The molecule has 520 valence electrons. The minimum absolute atomic E-state index is 0.0110. The van der Waals surface area contributed by atoms with Crippen molar-refractivity contribution in [1.82, 2.24) is 67.2 Å². The highest BCUT2D eigenvalue weighted by Crippen LogP contribution is 2.24. The fraction of sp³-hybridized carbons (Fsp3) is 0.556. The van der Waals surface area contributed by atoms with Crippen molar-refractivity contribution in [1.29, 1.82) is 0 Å². The van der Waals surface area contributed by atoms with Gasteiger partial charge in [-0.1, -0.05) is 128 Å². The first-order valence-corrected chi connectivity index (χ1v) is 34.3. The lowest BCUT2D eigenvalue weighted by Gasteiger charge is -2.33. The maximum atomic E-state index is 15.2. The van der Waals surface area contributed by atoms with Crippen molar-refractivity contribution in [2.75, 3.05) is 26.2 Å². The van der Waals surface area contributed by atoms with Crippen molar-refractivity contribution in [3.8, 4) is 0 Å². The number of nitrogens with two attached hydrogens (primary N) is 1. The van der Waals surface area contributed by atoms with Crippen LogP contribution in [0.15, 0.2) is 109 Å². The van der Waals surface area contributed by atoms with Gasteiger partial charge in [0.2, 0.25) is 59.1 Å². The number of rotatable bonds is 21. The second-order valence-corrected chi connectivity index (χ2v) is 27.3. The molecule has 2 aromatic carbocycles. The zero-order valence-corrected chi connectivity index (χ0v) is 57.1. The van der Waals surface area contributed by atoms with Gasteiger partial charge in [0.15, 0.2) is 0 Å². The molecule has 24 heteroatoms. The van der Waals surface area contributed by atoms with Crippen LogP contribution in [0, 0.1) is 23.7 Å². The molecule has 10 atom stereocenters. The molecule has 7 rings (SSSR count). The molecule has 0 aliphatic carbocycles. The number of benzene rings is 2. The SMILES string of the molecule is CC(C)C[C@@H]1NC(=O)[C@H](CCCN)NC(=O)[C@H](C(C)C)NC(=O)[C@@H]2CCCN2C(=O)[C@@H](Cc2ccccc2)NC(=O)[C@H](CC(C)C)NC(=O)[C@H](CCCN(Cc2ccccn2)Cc2ccccn2)NC(=O)[C@H](C(C)C)NC(=O)[C@@H]2CCCN2C(=O)[C@@H](Cc2ccccc2)NC1=O. The number of carbonyl (C=O) groups excluding carboxylic acids is 10. The first-order chi connectivity index (χ1) is 46.0. The summed E-state index contributed by atoms with van der Waals surface area (Å²) in [6.45, 7) is 16.2. The lowest BCUT2D eigenvalue weighted by molar-refractivity contribution is -0.143. The number of aromatic nitrogens is 2. The van der Waals surface area contributed by atoms with Crippen LogP contribution in [0.3, 0.4) is 0 Å². The molecule has 3 saturated heterocycles. The Labute approximate surface area is 565 Å². The lowest BCUT2D eigenvalue weighted by atomic mass is 9.98. The molecule has 0 saturated carbocycles. The van der Waals surface area contributed by atoms with Crippen molar-refractivity contribution in [2.45, 2.75) is 206 Å². The summed E-state index contributed by atoms with van der Waals surface area (Å²) in [6, 6.07) is 17.4. The molecule has 0 spiro atoms. The van der Waals surface area contributed by atoms with Gasteiger partial charge in [0.25, 0.3) is 0 Å². The van der Waals surface area contributed by atoms with Gasteiger partial charge in [-0.25, -0.2) is 0 Å². The minimum atomic E-state index is -1.28. The van der Waals surface area contributed by atoms with Crippen LogP contribution < -0.4 is 48.3 Å². The number of nitrogens with zero attached hydrogens (tertiary/aromatic N) is 5. The van der Waals surface area contributed by atoms with E-state index in [0.717, 1.165) is 11.4 Å². The molecule has 10 amide bonds. The average molecular weight is 1320 g/mol. The Kier molecular flexibility index (Phi) is 28.8. The van der Waals surface area contributed by atoms with E-state index in [1.807, 2.05) is 100 Å². The highest BCUT2D eigenvalue weighted by Gasteiger charge is 2.43. The Morgan fingerprint density at radius 1 is 0.438 bits per heavy atom. The van der Waals surface area contributed by atoms with Gasteiger partial charge in [-0.15, -0.1) is 0 Å². The quantitative estimate of drug-likeness (QED) is 0.0574. The van der Waals surface area contributed by atoms with Crippen molar-refractivity contribution in [3.63, 3.8) is 0 Å². The fourth-order valence-electron chi connectivity index (χ4n) is 12.7. The predicted molar refractivity (Wildman–Crippen MR) is 364 cm³/mol. The van der Waals surface area contributed by atoms with Gasteiger partial charge >= 0.3 is 0 Å². The Hall–Kier alpha value is -8.64. The largest absolute Gasteiger partial charge is 0.343 e. The van der Waals surface area contributed by atoms with Crippen LogP contribution in [0.25, 0.3) is 0 Å². The first kappa shape index (κ1) is 74.8. The molecular formula is C72H102N14O10. The van der Waals surface area contributed by atoms with Crippen LogP contribution in [0.4, 0.5) is 0 Å². The summed E-state index contributed by atoms with van der Waals surface area (Å²) in [4.78, 5) is 163. The van der Waals surface area contributed by atoms with Gasteiger partial charge in [0.05, 0.1) is 11.4 Å². The summed E-state index contributed by atoms with van der Waals surface area (Å²) in [5.74, 6) is -7.90. The topological polar surface area (TPSA) is 328 Å². The Morgan fingerprint density at radius 3 is 1.17 bits per heavy atom. The highest BCUT2D eigenvalue weighted by molar-refractivity contribution is 6.00. The van der Waals surface area contributed by atoms with E-state index in [0.29, 0.717) is 56.4 Å². The van der Waals surface area contributed by atoms with E-state index in [4.69, 9.17) is 5.73 Å². The van der Waals surface area contributed by atoms with Crippen LogP contribution in [0.5, 0.6) is 0 Å². The van der Waals surface area contributed by atoms with Crippen molar-refractivity contribution in [3.05, 3.63) is 132 Å². The van der Waals surface area contributed by atoms with Gasteiger partial charge in [-0.2, -0.15) is 0 Å². The summed E-state index contributed by atoms with van der Waals surface area (Å²) >= 11 is 0. The van der Waals surface area contributed by atoms with Gasteiger partial charge < -0.3 is 58.1 Å². The molecular weight excluding hydrogens is 1220 g/mol. The van der Waals surface area contributed by atoms with E-state index in [1.165, 1.54) is 9.80 Å². The molecule has 0 unspecified atom stereocenters. The lowest BCUT2D eigenvalue weighted by Crippen LogP contribution is -2.62. The van der Waals surface area contributed by atoms with E-state index < -0.39 is 131 Å². The maximum absolute atomic E-state index is 15.2. The van der Waals surface area contributed by atoms with E-state index in [-0.39, 0.29) is 82.8 Å². The van der Waals surface area contributed by atoms with E-state index in [1.54, 1.807) is 64.4 Å². The third-order valence-corrected chi connectivity index (χ3v) is 17.8. The second kappa shape index (κ2) is 37.0. The monoisotopic (exact) mass is 1320 g/mol. The predicted octanol–water partition coefficient (Wildman–Crippen LogP) is 3.76. The van der Waals surface area contributed by atoms with E-state index >= 15 is 24.0 Å². The van der Waals surface area contributed by atoms with Crippen LogP contribution in [0.1, 0.15) is 142 Å². The second-order valence-electron chi connectivity index (χ2n) is 27.3. The molecule has 10 N–H and O–H groups in total. The van der Waals surface area contributed by atoms with Crippen LogP contribution in [-0.4, -0.2) is 170 Å². The third kappa shape index (κ3) is 22.2. The zero-order valence-electron chi connectivity index (χ0n) is 57.1. The smallest absolute Gasteiger partial charge is 0.246 e. The third-order valence-electron chi connectivity index (χ3n) is 17.8. The molecule has 0 radical (unpaired) electrons. The number of nitrogens with one attached hydrogen (secondary N) is 8. The molecule has 3 aliphatic heterocycles. The van der Waals surface area contributed by atoms with Crippen LogP contribution >= 0.6 is 0 Å². The summed E-state index contributed by atoms with van der Waals surface area (Å²) in [6.07, 6.45) is 5.78.